The van der Waals surface area contributed by atoms with Gasteiger partial charge in [0.1, 0.15) is 11.6 Å². The minimum Gasteiger partial charge on any atom is -0.288 e. The standard InChI is InChI=1S/C13H5BrCl2F2O/c14-7-4-10(17)12(11(18)5-7)13(19)6-1-2-8(15)9(16)3-6/h1-5H. The van der Waals surface area contributed by atoms with Crippen molar-refractivity contribution in [3.63, 3.8) is 0 Å². The maximum atomic E-state index is 13.7. The Morgan fingerprint density at radius 2 is 1.58 bits per heavy atom. The van der Waals surface area contributed by atoms with Crippen molar-refractivity contribution in [1.29, 1.82) is 0 Å². The predicted molar refractivity (Wildman–Crippen MR) is 74.0 cm³/mol. The maximum absolute atomic E-state index is 13.7. The lowest BCUT2D eigenvalue weighted by Gasteiger charge is -2.06. The molecule has 19 heavy (non-hydrogen) atoms. The highest BCUT2D eigenvalue weighted by Gasteiger charge is 2.20. The molecule has 2 rings (SSSR count). The molecule has 0 unspecified atom stereocenters. The Balaban J connectivity index is 2.53. The van der Waals surface area contributed by atoms with Crippen molar-refractivity contribution in [3.05, 3.63) is 67.6 Å². The Kier molecular flexibility index (Phi) is 4.23. The summed E-state index contributed by atoms with van der Waals surface area (Å²) in [6, 6.07) is 6.07. The number of carbonyl (C=O) groups is 1. The number of hydrogen-bond donors (Lipinski definition) is 0. The van der Waals surface area contributed by atoms with E-state index in [1.807, 2.05) is 0 Å². The Morgan fingerprint density at radius 3 is 2.11 bits per heavy atom. The molecule has 0 aliphatic carbocycles. The van der Waals surface area contributed by atoms with Gasteiger partial charge in [0, 0.05) is 10.0 Å². The fourth-order valence-corrected chi connectivity index (χ4v) is 2.24. The second kappa shape index (κ2) is 5.57. The van der Waals surface area contributed by atoms with Crippen LogP contribution in [0, 0.1) is 11.6 Å². The topological polar surface area (TPSA) is 17.1 Å². The van der Waals surface area contributed by atoms with Crippen LogP contribution in [0.25, 0.3) is 0 Å². The van der Waals surface area contributed by atoms with Gasteiger partial charge in [-0.05, 0) is 30.3 Å². The zero-order chi connectivity index (χ0) is 14.2. The zero-order valence-electron chi connectivity index (χ0n) is 9.18. The van der Waals surface area contributed by atoms with Crippen molar-refractivity contribution in [3.8, 4) is 0 Å². The van der Waals surface area contributed by atoms with Crippen molar-refractivity contribution >= 4 is 44.9 Å². The number of ketones is 1. The molecule has 0 fully saturated rings. The Hall–Kier alpha value is -0.970. The third-order valence-electron chi connectivity index (χ3n) is 2.42. The van der Waals surface area contributed by atoms with E-state index in [2.05, 4.69) is 15.9 Å². The van der Waals surface area contributed by atoms with Gasteiger partial charge in [-0.1, -0.05) is 39.1 Å². The Bertz CT molecular complexity index is 651. The van der Waals surface area contributed by atoms with E-state index in [0.717, 1.165) is 12.1 Å². The first-order chi connectivity index (χ1) is 8.90. The van der Waals surface area contributed by atoms with Gasteiger partial charge < -0.3 is 0 Å². The minimum atomic E-state index is -0.942. The third-order valence-corrected chi connectivity index (χ3v) is 3.61. The molecule has 0 heterocycles. The number of carbonyl (C=O) groups excluding carboxylic acids is 1. The number of hydrogen-bond acceptors (Lipinski definition) is 1. The Morgan fingerprint density at radius 1 is 1.00 bits per heavy atom. The van der Waals surface area contributed by atoms with Gasteiger partial charge in [0.15, 0.2) is 5.78 Å². The summed E-state index contributed by atoms with van der Waals surface area (Å²) in [5, 5.41) is 0.403. The van der Waals surface area contributed by atoms with E-state index in [1.54, 1.807) is 0 Å². The number of rotatable bonds is 2. The van der Waals surface area contributed by atoms with E-state index in [1.165, 1.54) is 18.2 Å². The van der Waals surface area contributed by atoms with Crippen molar-refractivity contribution in [2.45, 2.75) is 0 Å². The lowest BCUT2D eigenvalue weighted by atomic mass is 10.0. The van der Waals surface area contributed by atoms with Gasteiger partial charge in [-0.15, -0.1) is 0 Å². The second-order valence-corrected chi connectivity index (χ2v) is 5.43. The monoisotopic (exact) mass is 364 g/mol. The molecule has 0 saturated carbocycles. The highest BCUT2D eigenvalue weighted by molar-refractivity contribution is 9.10. The van der Waals surface area contributed by atoms with Crippen LogP contribution in [0.1, 0.15) is 15.9 Å². The normalized spacial score (nSPS) is 10.6. The van der Waals surface area contributed by atoms with Crippen molar-refractivity contribution in [2.24, 2.45) is 0 Å². The molecule has 0 bridgehead atoms. The van der Waals surface area contributed by atoms with Crippen LogP contribution in [0.2, 0.25) is 10.0 Å². The number of halogens is 5. The molecule has 0 radical (unpaired) electrons. The highest BCUT2D eigenvalue weighted by Crippen LogP contribution is 2.26. The molecule has 0 aliphatic rings. The van der Waals surface area contributed by atoms with Crippen LogP contribution in [0.15, 0.2) is 34.8 Å². The zero-order valence-corrected chi connectivity index (χ0v) is 12.3. The van der Waals surface area contributed by atoms with E-state index in [-0.39, 0.29) is 20.1 Å². The molecule has 0 aliphatic heterocycles. The molecule has 0 aromatic heterocycles. The molecular formula is C13H5BrCl2F2O. The summed E-state index contributed by atoms with van der Waals surface area (Å²) in [4.78, 5) is 12.1. The fraction of sp³-hybridized carbons (Fsp3) is 0. The quantitative estimate of drug-likeness (QED) is 0.663. The molecule has 0 spiro atoms. The first-order valence-electron chi connectivity index (χ1n) is 5.04. The SMILES string of the molecule is O=C(c1ccc(Cl)c(Cl)c1)c1c(F)cc(Br)cc1F. The van der Waals surface area contributed by atoms with E-state index in [4.69, 9.17) is 23.2 Å². The van der Waals surface area contributed by atoms with E-state index >= 15 is 0 Å². The molecule has 2 aromatic rings. The lowest BCUT2D eigenvalue weighted by molar-refractivity contribution is 0.103. The number of benzene rings is 2. The van der Waals surface area contributed by atoms with Gasteiger partial charge in [-0.3, -0.25) is 4.79 Å². The second-order valence-electron chi connectivity index (χ2n) is 3.70. The summed E-state index contributed by atoms with van der Waals surface area (Å²) >= 11 is 14.4. The summed E-state index contributed by atoms with van der Waals surface area (Å²) < 4.78 is 27.6. The highest BCUT2D eigenvalue weighted by atomic mass is 79.9. The van der Waals surface area contributed by atoms with E-state index < -0.39 is 23.0 Å². The van der Waals surface area contributed by atoms with Gasteiger partial charge in [0.05, 0.1) is 15.6 Å². The average Bonchev–Trinajstić information content (AvgIpc) is 2.31. The van der Waals surface area contributed by atoms with Crippen LogP contribution in [-0.2, 0) is 0 Å². The first kappa shape index (κ1) is 14.4. The molecule has 6 heteroatoms. The van der Waals surface area contributed by atoms with Gasteiger partial charge in [0.2, 0.25) is 0 Å². The molecule has 1 nitrogen and oxygen atoms in total. The predicted octanol–water partition coefficient (Wildman–Crippen LogP) is 5.27. The van der Waals surface area contributed by atoms with Crippen LogP contribution in [0.3, 0.4) is 0 Å². The molecule has 0 saturated heterocycles. The summed E-state index contributed by atoms with van der Waals surface area (Å²) in [5.74, 6) is -2.67. The smallest absolute Gasteiger partial charge is 0.198 e. The van der Waals surface area contributed by atoms with Gasteiger partial charge in [0.25, 0.3) is 0 Å². The van der Waals surface area contributed by atoms with E-state index in [0.29, 0.717) is 0 Å². The molecule has 0 atom stereocenters. The van der Waals surface area contributed by atoms with Crippen LogP contribution in [-0.4, -0.2) is 5.78 Å². The van der Waals surface area contributed by atoms with Crippen molar-refractivity contribution < 1.29 is 13.6 Å². The van der Waals surface area contributed by atoms with Gasteiger partial charge in [-0.25, -0.2) is 8.78 Å². The van der Waals surface area contributed by atoms with Gasteiger partial charge >= 0.3 is 0 Å². The Labute approximate surface area is 126 Å². The summed E-state index contributed by atoms with van der Waals surface area (Å²) in [7, 11) is 0. The van der Waals surface area contributed by atoms with Crippen molar-refractivity contribution in [2.75, 3.05) is 0 Å². The summed E-state index contributed by atoms with van der Waals surface area (Å²) in [6.07, 6.45) is 0. The lowest BCUT2D eigenvalue weighted by Crippen LogP contribution is -2.07. The average molecular weight is 366 g/mol. The molecule has 0 amide bonds. The largest absolute Gasteiger partial charge is 0.288 e. The minimum absolute atomic E-state index is 0.0644. The van der Waals surface area contributed by atoms with E-state index in [9.17, 15) is 13.6 Å². The van der Waals surface area contributed by atoms with Crippen LogP contribution >= 0.6 is 39.1 Å². The van der Waals surface area contributed by atoms with Crippen LogP contribution < -0.4 is 0 Å². The first-order valence-corrected chi connectivity index (χ1v) is 6.59. The van der Waals surface area contributed by atoms with Crippen LogP contribution in [0.5, 0.6) is 0 Å². The molecular weight excluding hydrogens is 361 g/mol. The molecule has 0 N–H and O–H groups in total. The molecule has 2 aromatic carbocycles. The summed E-state index contributed by atoms with van der Waals surface area (Å²) in [5.41, 5.74) is -0.559. The third kappa shape index (κ3) is 2.96. The summed E-state index contributed by atoms with van der Waals surface area (Å²) in [6.45, 7) is 0. The van der Waals surface area contributed by atoms with Crippen molar-refractivity contribution in [1.82, 2.24) is 0 Å². The van der Waals surface area contributed by atoms with Gasteiger partial charge in [-0.2, -0.15) is 0 Å². The maximum Gasteiger partial charge on any atom is 0.198 e. The molecule has 98 valence electrons. The fourth-order valence-electron chi connectivity index (χ4n) is 1.54. The van der Waals surface area contributed by atoms with Crippen LogP contribution in [0.4, 0.5) is 8.78 Å².